The number of fused-ring (bicyclic) bond motifs is 1. The highest BCUT2D eigenvalue weighted by Gasteiger charge is 2.42. The number of anilines is 1. The molecule has 1 aromatic carbocycles. The summed E-state index contributed by atoms with van der Waals surface area (Å²) in [5.74, 6) is -0.786. The number of nitrogens with zero attached hydrogens (tertiary/aromatic N) is 5. The summed E-state index contributed by atoms with van der Waals surface area (Å²) in [6.07, 6.45) is -2.07. The number of likely N-dealkylation sites (tertiary alicyclic amines) is 1. The molecule has 0 N–H and O–H groups in total. The Morgan fingerprint density at radius 2 is 1.97 bits per heavy atom. The van der Waals surface area contributed by atoms with E-state index in [-0.39, 0.29) is 29.5 Å². The predicted molar refractivity (Wildman–Crippen MR) is 114 cm³/mol. The molecule has 0 bridgehead atoms. The first-order valence-electron chi connectivity index (χ1n) is 10.7. The largest absolute Gasteiger partial charge is 0.573 e. The maximum Gasteiger partial charge on any atom is 0.573 e. The molecule has 34 heavy (non-hydrogen) atoms. The van der Waals surface area contributed by atoms with E-state index in [1.807, 2.05) is 6.92 Å². The Hall–Kier alpha value is -3.35. The van der Waals surface area contributed by atoms with Crippen LogP contribution in [0.25, 0.3) is 0 Å². The van der Waals surface area contributed by atoms with Crippen LogP contribution in [0.3, 0.4) is 0 Å². The van der Waals surface area contributed by atoms with E-state index >= 15 is 0 Å². The Labute approximate surface area is 193 Å². The quantitative estimate of drug-likeness (QED) is 0.459. The number of nitro groups is 1. The third-order valence-corrected chi connectivity index (χ3v) is 5.92. The summed E-state index contributed by atoms with van der Waals surface area (Å²) < 4.78 is 48.7. The lowest BCUT2D eigenvalue weighted by Gasteiger charge is -2.40. The number of ether oxygens (including phenoxy) is 2. The van der Waals surface area contributed by atoms with Crippen molar-refractivity contribution in [2.45, 2.75) is 51.2 Å². The van der Waals surface area contributed by atoms with Gasteiger partial charge in [-0.1, -0.05) is 0 Å². The molecule has 1 amide bonds. The van der Waals surface area contributed by atoms with Crippen molar-refractivity contribution in [1.82, 2.24) is 14.5 Å². The fourth-order valence-electron chi connectivity index (χ4n) is 4.63. The molecule has 1 fully saturated rings. The summed E-state index contributed by atoms with van der Waals surface area (Å²) in [7, 11) is 0. The maximum absolute atomic E-state index is 12.4. The Balaban J connectivity index is 1.35. The molecule has 0 aliphatic carbocycles. The van der Waals surface area contributed by atoms with Crippen LogP contribution in [0.4, 0.5) is 24.7 Å². The van der Waals surface area contributed by atoms with Gasteiger partial charge in [-0.2, -0.15) is 0 Å². The van der Waals surface area contributed by atoms with Crippen LogP contribution in [-0.4, -0.2) is 62.9 Å². The van der Waals surface area contributed by atoms with Crippen LogP contribution in [0.2, 0.25) is 0 Å². The maximum atomic E-state index is 12.4. The summed E-state index contributed by atoms with van der Waals surface area (Å²) in [6.45, 7) is 5.75. The van der Waals surface area contributed by atoms with Crippen LogP contribution in [-0.2, 0) is 11.3 Å². The fourth-order valence-corrected chi connectivity index (χ4v) is 4.63. The first-order valence-corrected chi connectivity index (χ1v) is 10.7. The molecule has 4 rings (SSSR count). The van der Waals surface area contributed by atoms with Crippen molar-refractivity contribution < 1.29 is 32.4 Å². The number of aromatic nitrogens is 2. The summed E-state index contributed by atoms with van der Waals surface area (Å²) in [5, 5.41) is 10.9. The number of hydrogen-bond acceptors (Lipinski definition) is 7. The molecule has 0 radical (unpaired) electrons. The minimum absolute atomic E-state index is 0.0986. The SMILES string of the molecule is CC(=O)N(c1ccc(OC(F)(F)F)cc1)C1CCN(C[C@@]2(C)Cn3cc([N+](=O)[O-])nc3O2)CC1. The number of rotatable bonds is 6. The average Bonchev–Trinajstić information content (AvgIpc) is 3.24. The summed E-state index contributed by atoms with van der Waals surface area (Å²) in [4.78, 5) is 30.4. The molecule has 0 unspecified atom stereocenters. The van der Waals surface area contributed by atoms with Gasteiger partial charge in [0, 0.05) is 43.3 Å². The Morgan fingerprint density at radius 1 is 1.32 bits per heavy atom. The molecule has 1 atom stereocenters. The van der Waals surface area contributed by atoms with Gasteiger partial charge in [-0.3, -0.25) is 14.3 Å². The van der Waals surface area contributed by atoms with E-state index in [1.54, 1.807) is 9.47 Å². The molecule has 10 nitrogen and oxygen atoms in total. The van der Waals surface area contributed by atoms with Crippen LogP contribution in [0.15, 0.2) is 30.5 Å². The van der Waals surface area contributed by atoms with Crippen molar-refractivity contribution in [3.8, 4) is 11.8 Å². The van der Waals surface area contributed by atoms with E-state index in [2.05, 4.69) is 14.6 Å². The lowest BCUT2D eigenvalue weighted by Crippen LogP contribution is -2.51. The first kappa shape index (κ1) is 23.8. The van der Waals surface area contributed by atoms with Gasteiger partial charge in [0.15, 0.2) is 0 Å². The van der Waals surface area contributed by atoms with Crippen LogP contribution >= 0.6 is 0 Å². The Bertz CT molecular complexity index is 1040. The smallest absolute Gasteiger partial charge is 0.436 e. The molecule has 13 heteroatoms. The molecule has 0 saturated carbocycles. The predicted octanol–water partition coefficient (Wildman–Crippen LogP) is 3.36. The third kappa shape index (κ3) is 5.24. The Morgan fingerprint density at radius 3 is 2.50 bits per heavy atom. The molecule has 1 aromatic heterocycles. The van der Waals surface area contributed by atoms with Crippen molar-refractivity contribution >= 4 is 17.4 Å². The summed E-state index contributed by atoms with van der Waals surface area (Å²) in [5.41, 5.74) is -0.0719. The van der Waals surface area contributed by atoms with Crippen LogP contribution < -0.4 is 14.4 Å². The lowest BCUT2D eigenvalue weighted by molar-refractivity contribution is -0.389. The highest BCUT2D eigenvalue weighted by Crippen LogP contribution is 2.33. The molecule has 184 valence electrons. The number of alkyl halides is 3. The second kappa shape index (κ2) is 8.78. The topological polar surface area (TPSA) is 103 Å². The molecule has 3 heterocycles. The summed E-state index contributed by atoms with van der Waals surface area (Å²) >= 11 is 0. The van der Waals surface area contributed by atoms with Gasteiger partial charge < -0.3 is 24.5 Å². The molecule has 0 spiro atoms. The van der Waals surface area contributed by atoms with Crippen molar-refractivity contribution in [2.24, 2.45) is 0 Å². The van der Waals surface area contributed by atoms with E-state index in [1.165, 1.54) is 37.4 Å². The Kier molecular flexibility index (Phi) is 6.14. The normalized spacial score (nSPS) is 21.1. The minimum atomic E-state index is -4.78. The zero-order chi connectivity index (χ0) is 24.7. The van der Waals surface area contributed by atoms with Gasteiger partial charge in [0.05, 0.1) is 6.54 Å². The monoisotopic (exact) mass is 483 g/mol. The number of halogens is 3. The standard InChI is InChI=1S/C21H24F3N5O5/c1-14(30)28(15-3-5-17(6-4-15)33-21(22,23)24)16-7-9-26(10-8-16)12-20(2)13-27-11-18(29(31)32)25-19(27)34-20/h3-6,11,16H,7-10,12-13H2,1-2H3/t20-/m0/s1. The minimum Gasteiger partial charge on any atom is -0.436 e. The molecule has 2 aliphatic heterocycles. The number of amides is 1. The van der Waals surface area contributed by atoms with E-state index in [4.69, 9.17) is 4.74 Å². The zero-order valence-electron chi connectivity index (χ0n) is 18.6. The number of hydrogen-bond donors (Lipinski definition) is 0. The van der Waals surface area contributed by atoms with Gasteiger partial charge in [-0.25, -0.2) is 0 Å². The van der Waals surface area contributed by atoms with Crippen LogP contribution in [0.5, 0.6) is 11.8 Å². The zero-order valence-corrected chi connectivity index (χ0v) is 18.6. The second-order valence-electron chi connectivity index (χ2n) is 8.76. The van der Waals surface area contributed by atoms with Crippen LogP contribution in [0, 0.1) is 10.1 Å². The van der Waals surface area contributed by atoms with Crippen molar-refractivity contribution in [1.29, 1.82) is 0 Å². The fraction of sp³-hybridized carbons (Fsp3) is 0.524. The van der Waals surface area contributed by atoms with E-state index in [0.717, 1.165) is 0 Å². The molecule has 2 aromatic rings. The lowest BCUT2D eigenvalue weighted by atomic mass is 9.99. The molecule has 1 saturated heterocycles. The van der Waals surface area contributed by atoms with Gasteiger partial charge in [0.2, 0.25) is 5.91 Å². The summed E-state index contributed by atoms with van der Waals surface area (Å²) in [6, 6.07) is 5.41. The third-order valence-electron chi connectivity index (χ3n) is 5.92. The first-order chi connectivity index (χ1) is 15.9. The number of piperidine rings is 1. The van der Waals surface area contributed by atoms with Gasteiger partial charge in [0.1, 0.15) is 17.5 Å². The number of imidazole rings is 1. The average molecular weight is 483 g/mol. The van der Waals surface area contributed by atoms with Gasteiger partial charge in [-0.15, -0.1) is 13.2 Å². The highest BCUT2D eigenvalue weighted by atomic mass is 19.4. The van der Waals surface area contributed by atoms with Gasteiger partial charge >= 0.3 is 18.2 Å². The number of benzene rings is 1. The van der Waals surface area contributed by atoms with Gasteiger partial charge in [0.25, 0.3) is 0 Å². The molecule has 2 aliphatic rings. The van der Waals surface area contributed by atoms with Crippen LogP contribution in [0.1, 0.15) is 26.7 Å². The molecular formula is C21H24F3N5O5. The molecular weight excluding hydrogens is 459 g/mol. The van der Waals surface area contributed by atoms with Crippen molar-refractivity contribution in [3.05, 3.63) is 40.6 Å². The van der Waals surface area contributed by atoms with E-state index in [0.29, 0.717) is 44.7 Å². The van der Waals surface area contributed by atoms with E-state index < -0.39 is 16.9 Å². The van der Waals surface area contributed by atoms with Crippen molar-refractivity contribution in [2.75, 3.05) is 24.5 Å². The van der Waals surface area contributed by atoms with Gasteiger partial charge in [-0.05, 0) is 49.0 Å². The van der Waals surface area contributed by atoms with Crippen molar-refractivity contribution in [3.63, 3.8) is 0 Å². The number of carbonyl (C=O) groups is 1. The van der Waals surface area contributed by atoms with E-state index in [9.17, 15) is 28.1 Å². The highest BCUT2D eigenvalue weighted by molar-refractivity contribution is 5.92. The second-order valence-corrected chi connectivity index (χ2v) is 8.76. The number of carbonyl (C=O) groups excluding carboxylic acids is 1.